The van der Waals surface area contributed by atoms with Crippen LogP contribution >= 0.6 is 0 Å². The molecule has 1 unspecified atom stereocenters. The number of hydrogen-bond donors (Lipinski definition) is 0. The summed E-state index contributed by atoms with van der Waals surface area (Å²) in [7, 11) is 3.84. The summed E-state index contributed by atoms with van der Waals surface area (Å²) in [5.74, 6) is 1.99. The van der Waals surface area contributed by atoms with Crippen molar-refractivity contribution in [2.75, 3.05) is 66.6 Å². The fourth-order valence-corrected chi connectivity index (χ4v) is 4.88. The van der Waals surface area contributed by atoms with Crippen LogP contribution in [-0.2, 0) is 11.3 Å². The molecule has 186 valence electrons. The number of likely N-dealkylation sites (N-methyl/N-ethyl adjacent to an activating group) is 1. The fraction of sp³-hybridized carbons (Fsp3) is 0.517. The smallest absolute Gasteiger partial charge is 0.119 e. The molecule has 0 radical (unpaired) electrons. The van der Waals surface area contributed by atoms with E-state index in [1.165, 1.54) is 23.1 Å². The number of piperazine rings is 1. The van der Waals surface area contributed by atoms with Crippen molar-refractivity contribution in [2.24, 2.45) is 0 Å². The Kier molecular flexibility index (Phi) is 10.4. The molecule has 2 aliphatic rings. The molecule has 0 N–H and O–H groups in total. The van der Waals surface area contributed by atoms with Crippen LogP contribution in [0, 0.1) is 0 Å². The second-order valence-electron chi connectivity index (χ2n) is 9.39. The SMILES string of the molecule is C=CCN1CCN(CCCCOc2ccc3c(c2)CN(C)CC3C(/C=C\C(=C)OC)=C/C)CC1. The minimum Gasteiger partial charge on any atom is -0.497 e. The molecule has 1 atom stereocenters. The van der Waals surface area contributed by atoms with Gasteiger partial charge in [0.25, 0.3) is 0 Å². The molecular weight excluding hydrogens is 422 g/mol. The van der Waals surface area contributed by atoms with E-state index in [9.17, 15) is 0 Å². The summed E-state index contributed by atoms with van der Waals surface area (Å²) in [5.41, 5.74) is 4.03. The van der Waals surface area contributed by atoms with Crippen LogP contribution in [0.1, 0.15) is 36.8 Å². The molecule has 3 rings (SSSR count). The lowest BCUT2D eigenvalue weighted by Gasteiger charge is -2.34. The lowest BCUT2D eigenvalue weighted by Crippen LogP contribution is -2.46. The van der Waals surface area contributed by atoms with Crippen molar-refractivity contribution in [1.29, 1.82) is 0 Å². The van der Waals surface area contributed by atoms with Gasteiger partial charge >= 0.3 is 0 Å². The van der Waals surface area contributed by atoms with Crippen LogP contribution in [-0.4, -0.2) is 81.3 Å². The van der Waals surface area contributed by atoms with E-state index in [0.29, 0.717) is 11.7 Å². The molecule has 0 aromatic heterocycles. The van der Waals surface area contributed by atoms with Gasteiger partial charge in [0.05, 0.1) is 13.7 Å². The van der Waals surface area contributed by atoms with Crippen molar-refractivity contribution < 1.29 is 9.47 Å². The Bertz CT molecular complexity index is 868. The first-order chi connectivity index (χ1) is 16.5. The molecule has 1 fully saturated rings. The maximum Gasteiger partial charge on any atom is 0.119 e. The van der Waals surface area contributed by atoms with Crippen LogP contribution in [0.25, 0.3) is 0 Å². The van der Waals surface area contributed by atoms with Crippen LogP contribution in [0.4, 0.5) is 0 Å². The average molecular weight is 466 g/mol. The van der Waals surface area contributed by atoms with Gasteiger partial charge in [0.1, 0.15) is 11.5 Å². The number of allylic oxidation sites excluding steroid dienone is 3. The third-order valence-electron chi connectivity index (χ3n) is 6.87. The largest absolute Gasteiger partial charge is 0.497 e. The van der Waals surface area contributed by atoms with E-state index >= 15 is 0 Å². The summed E-state index contributed by atoms with van der Waals surface area (Å²) >= 11 is 0. The molecule has 0 amide bonds. The van der Waals surface area contributed by atoms with Crippen LogP contribution < -0.4 is 4.74 Å². The van der Waals surface area contributed by atoms with E-state index in [0.717, 1.165) is 71.1 Å². The third-order valence-corrected chi connectivity index (χ3v) is 6.87. The minimum atomic E-state index is 0.334. The number of methoxy groups -OCH3 is 1. The molecule has 1 saturated heterocycles. The van der Waals surface area contributed by atoms with Crippen molar-refractivity contribution >= 4 is 0 Å². The Morgan fingerprint density at radius 1 is 1.12 bits per heavy atom. The summed E-state index contributed by atoms with van der Waals surface area (Å²) in [6, 6.07) is 6.64. The minimum absolute atomic E-state index is 0.334. The molecule has 5 nitrogen and oxygen atoms in total. The summed E-state index contributed by atoms with van der Waals surface area (Å²) in [4.78, 5) is 7.42. The van der Waals surface area contributed by atoms with Crippen LogP contribution in [0.5, 0.6) is 5.75 Å². The lowest BCUT2D eigenvalue weighted by molar-refractivity contribution is 0.139. The zero-order valence-electron chi connectivity index (χ0n) is 21.5. The van der Waals surface area contributed by atoms with Crippen molar-refractivity contribution in [1.82, 2.24) is 14.7 Å². The van der Waals surface area contributed by atoms with Gasteiger partial charge in [0, 0.05) is 51.7 Å². The van der Waals surface area contributed by atoms with E-state index in [-0.39, 0.29) is 0 Å². The van der Waals surface area contributed by atoms with Gasteiger partial charge < -0.3 is 19.3 Å². The zero-order valence-corrected chi connectivity index (χ0v) is 21.5. The Hall–Kier alpha value is -2.34. The Labute approximate surface area is 207 Å². The Morgan fingerprint density at radius 3 is 2.59 bits per heavy atom. The van der Waals surface area contributed by atoms with Gasteiger partial charge in [0.2, 0.25) is 0 Å². The normalized spacial score (nSPS) is 20.3. The van der Waals surface area contributed by atoms with Crippen LogP contribution in [0.15, 0.2) is 67.0 Å². The molecule has 2 heterocycles. The van der Waals surface area contributed by atoms with E-state index in [4.69, 9.17) is 9.47 Å². The highest BCUT2D eigenvalue weighted by Crippen LogP contribution is 2.35. The predicted octanol–water partition coefficient (Wildman–Crippen LogP) is 4.84. The van der Waals surface area contributed by atoms with Crippen molar-refractivity contribution in [3.05, 3.63) is 78.1 Å². The summed E-state index contributed by atoms with van der Waals surface area (Å²) in [5, 5.41) is 0. The average Bonchev–Trinajstić information content (AvgIpc) is 2.84. The first-order valence-corrected chi connectivity index (χ1v) is 12.6. The second-order valence-corrected chi connectivity index (χ2v) is 9.39. The van der Waals surface area contributed by atoms with Crippen molar-refractivity contribution in [3.8, 4) is 5.75 Å². The monoisotopic (exact) mass is 465 g/mol. The molecule has 2 aliphatic heterocycles. The van der Waals surface area contributed by atoms with Crippen LogP contribution in [0.3, 0.4) is 0 Å². The standard InChI is InChI=1S/C29H43N3O2/c1-6-14-31-16-18-32(19-17-31)15-8-9-20-34-27-12-13-28-26(21-27)22-30(4)23-29(28)25(7-2)11-10-24(3)33-5/h6-7,10-13,21,29H,1,3,8-9,14-20,22-23H2,2,4-5H3/b11-10-,25-7+. The molecule has 0 saturated carbocycles. The first kappa shape index (κ1) is 26.3. The van der Waals surface area contributed by atoms with Crippen molar-refractivity contribution in [3.63, 3.8) is 0 Å². The maximum atomic E-state index is 6.15. The Balaban J connectivity index is 1.49. The number of fused-ring (bicyclic) bond motifs is 1. The molecule has 1 aromatic rings. The number of benzene rings is 1. The van der Waals surface area contributed by atoms with E-state index < -0.39 is 0 Å². The van der Waals surface area contributed by atoms with Gasteiger partial charge in [-0.1, -0.05) is 30.9 Å². The van der Waals surface area contributed by atoms with Gasteiger partial charge in [-0.05, 0) is 68.3 Å². The van der Waals surface area contributed by atoms with Gasteiger partial charge in [-0.25, -0.2) is 0 Å². The molecule has 0 spiro atoms. The van der Waals surface area contributed by atoms with E-state index in [1.807, 2.05) is 12.2 Å². The van der Waals surface area contributed by atoms with Gasteiger partial charge in [0.15, 0.2) is 0 Å². The van der Waals surface area contributed by atoms with Gasteiger partial charge in [-0.15, -0.1) is 6.58 Å². The molecular formula is C29H43N3O2. The quantitative estimate of drug-likeness (QED) is 0.191. The lowest BCUT2D eigenvalue weighted by atomic mass is 9.84. The number of unbranched alkanes of at least 4 members (excludes halogenated alkanes) is 1. The van der Waals surface area contributed by atoms with Gasteiger partial charge in [-0.3, -0.25) is 4.90 Å². The highest BCUT2D eigenvalue weighted by Gasteiger charge is 2.25. The second kappa shape index (κ2) is 13.5. The van der Waals surface area contributed by atoms with Crippen LogP contribution in [0.2, 0.25) is 0 Å². The highest BCUT2D eigenvalue weighted by atomic mass is 16.5. The Morgan fingerprint density at radius 2 is 1.88 bits per heavy atom. The molecule has 1 aromatic carbocycles. The van der Waals surface area contributed by atoms with E-state index in [2.05, 4.69) is 72.2 Å². The predicted molar refractivity (Wildman–Crippen MR) is 142 cm³/mol. The molecule has 34 heavy (non-hydrogen) atoms. The number of ether oxygens (including phenoxy) is 2. The molecule has 0 aliphatic carbocycles. The summed E-state index contributed by atoms with van der Waals surface area (Å²) < 4.78 is 11.3. The summed E-state index contributed by atoms with van der Waals surface area (Å²) in [6.45, 7) is 19.4. The molecule has 0 bridgehead atoms. The van der Waals surface area contributed by atoms with Gasteiger partial charge in [-0.2, -0.15) is 0 Å². The third kappa shape index (κ3) is 7.59. The van der Waals surface area contributed by atoms with Crippen molar-refractivity contribution in [2.45, 2.75) is 32.2 Å². The summed E-state index contributed by atoms with van der Waals surface area (Å²) in [6.07, 6.45) is 10.5. The number of nitrogens with zero attached hydrogens (tertiary/aromatic N) is 3. The first-order valence-electron chi connectivity index (χ1n) is 12.6. The number of hydrogen-bond acceptors (Lipinski definition) is 5. The van der Waals surface area contributed by atoms with E-state index in [1.54, 1.807) is 7.11 Å². The molecule has 5 heteroatoms. The zero-order chi connectivity index (χ0) is 24.3. The number of rotatable bonds is 12. The fourth-order valence-electron chi connectivity index (χ4n) is 4.88. The maximum absolute atomic E-state index is 6.15. The highest BCUT2D eigenvalue weighted by molar-refractivity contribution is 5.45. The topological polar surface area (TPSA) is 28.2 Å².